The summed E-state index contributed by atoms with van der Waals surface area (Å²) in [4.78, 5) is 0. The summed E-state index contributed by atoms with van der Waals surface area (Å²) in [7, 11) is 0.898. The van der Waals surface area contributed by atoms with Crippen LogP contribution in [-0.4, -0.2) is 28.9 Å². The summed E-state index contributed by atoms with van der Waals surface area (Å²) in [5, 5.41) is 0. The minimum atomic E-state index is -0.343. The van der Waals surface area contributed by atoms with E-state index in [0.717, 1.165) is 29.9 Å². The van der Waals surface area contributed by atoms with Gasteiger partial charge in [0.25, 0.3) is 0 Å². The lowest BCUT2D eigenvalue weighted by Gasteiger charge is -2.33. The third-order valence-electron chi connectivity index (χ3n) is 2.20. The van der Waals surface area contributed by atoms with Crippen molar-refractivity contribution >= 4 is 10.2 Å². The van der Waals surface area contributed by atoms with Crippen LogP contribution in [0.15, 0.2) is 0 Å². The van der Waals surface area contributed by atoms with Crippen LogP contribution in [0.1, 0.15) is 40.5 Å². The Hall–Kier alpha value is 0.137. The molecule has 0 aromatic heterocycles. The van der Waals surface area contributed by atoms with Crippen molar-refractivity contribution in [2.75, 3.05) is 13.2 Å². The Morgan fingerprint density at radius 1 is 1.23 bits per heavy atom. The number of hydrogen-bond acceptors (Lipinski definition) is 2. The highest BCUT2D eigenvalue weighted by Crippen LogP contribution is 2.21. The standard InChI is InChI=1S/C10H23O2Si/c1-5-7-8-12-10(13,9(3)4)11-6-2/h5-8H2,1-4,13H3. The normalized spacial score (nSPS) is 16.4. The lowest BCUT2D eigenvalue weighted by atomic mass is 10.2. The summed E-state index contributed by atoms with van der Waals surface area (Å²) in [6.07, 6.45) is 2.29. The predicted molar refractivity (Wildman–Crippen MR) is 59.7 cm³/mol. The van der Waals surface area contributed by atoms with E-state index < -0.39 is 0 Å². The van der Waals surface area contributed by atoms with E-state index in [-0.39, 0.29) is 5.41 Å². The smallest absolute Gasteiger partial charge is 0.147 e. The van der Waals surface area contributed by atoms with Crippen molar-refractivity contribution in [3.8, 4) is 0 Å². The molecule has 0 fully saturated rings. The molecule has 1 radical (unpaired) electrons. The van der Waals surface area contributed by atoms with Gasteiger partial charge >= 0.3 is 0 Å². The molecule has 79 valence electrons. The lowest BCUT2D eigenvalue weighted by Crippen LogP contribution is -2.41. The molecule has 0 rings (SSSR count). The lowest BCUT2D eigenvalue weighted by molar-refractivity contribution is -0.164. The predicted octanol–water partition coefficient (Wildman–Crippen LogP) is 1.47. The van der Waals surface area contributed by atoms with Crippen LogP contribution < -0.4 is 0 Å². The van der Waals surface area contributed by atoms with Gasteiger partial charge < -0.3 is 9.47 Å². The highest BCUT2D eigenvalue weighted by atomic mass is 28.1. The monoisotopic (exact) mass is 203 g/mol. The van der Waals surface area contributed by atoms with Gasteiger partial charge in [0.2, 0.25) is 0 Å². The maximum absolute atomic E-state index is 5.77. The first-order valence-electron chi connectivity index (χ1n) is 5.15. The number of unbranched alkanes of at least 4 members (excludes halogenated alkanes) is 1. The van der Waals surface area contributed by atoms with Gasteiger partial charge in [-0.15, -0.1) is 0 Å². The number of ether oxygens (including phenoxy) is 2. The van der Waals surface area contributed by atoms with Crippen LogP contribution in [-0.2, 0) is 9.47 Å². The molecule has 1 atom stereocenters. The Labute approximate surface area is 85.4 Å². The van der Waals surface area contributed by atoms with Crippen molar-refractivity contribution in [1.29, 1.82) is 0 Å². The Balaban J connectivity index is 3.92. The summed E-state index contributed by atoms with van der Waals surface area (Å²) < 4.78 is 11.4. The van der Waals surface area contributed by atoms with E-state index in [9.17, 15) is 0 Å². The van der Waals surface area contributed by atoms with Gasteiger partial charge in [-0.3, -0.25) is 0 Å². The zero-order chi connectivity index (χ0) is 10.3. The largest absolute Gasteiger partial charge is 0.355 e. The maximum Gasteiger partial charge on any atom is 0.147 e. The van der Waals surface area contributed by atoms with E-state index >= 15 is 0 Å². The van der Waals surface area contributed by atoms with Gasteiger partial charge in [0.15, 0.2) is 0 Å². The summed E-state index contributed by atoms with van der Waals surface area (Å²) >= 11 is 0. The van der Waals surface area contributed by atoms with Gasteiger partial charge in [0, 0.05) is 19.1 Å². The minimum absolute atomic E-state index is 0.343. The fourth-order valence-corrected chi connectivity index (χ4v) is 1.51. The zero-order valence-electron chi connectivity index (χ0n) is 9.64. The molecule has 2 nitrogen and oxygen atoms in total. The molecule has 0 amide bonds. The minimum Gasteiger partial charge on any atom is -0.355 e. The van der Waals surface area contributed by atoms with Crippen LogP contribution in [0.25, 0.3) is 0 Å². The Kier molecular flexibility index (Phi) is 6.64. The molecule has 0 heterocycles. The molecule has 0 aliphatic rings. The molecule has 0 aliphatic carbocycles. The number of rotatable bonds is 7. The average Bonchev–Trinajstić information content (AvgIpc) is 2.05. The van der Waals surface area contributed by atoms with Crippen molar-refractivity contribution in [1.82, 2.24) is 0 Å². The Morgan fingerprint density at radius 2 is 1.85 bits per heavy atom. The van der Waals surface area contributed by atoms with E-state index in [1.165, 1.54) is 12.3 Å². The molecule has 0 aromatic rings. The molecular weight excluding hydrogens is 180 g/mol. The van der Waals surface area contributed by atoms with Crippen LogP contribution in [0.5, 0.6) is 0 Å². The fourth-order valence-electron chi connectivity index (χ4n) is 1.02. The van der Waals surface area contributed by atoms with Crippen LogP contribution in [0.4, 0.5) is 0 Å². The Bertz CT molecular complexity index is 128. The fraction of sp³-hybridized carbons (Fsp3) is 0.900. The van der Waals surface area contributed by atoms with Crippen molar-refractivity contribution in [2.45, 2.75) is 45.9 Å². The van der Waals surface area contributed by atoms with E-state index in [2.05, 4.69) is 20.8 Å². The molecule has 0 saturated carbocycles. The SMILES string of the molecule is CCCCOC([SiH3])(OCC)[C](C)C. The topological polar surface area (TPSA) is 18.5 Å². The molecule has 1 unspecified atom stereocenters. The van der Waals surface area contributed by atoms with Crippen LogP contribution in [0.2, 0.25) is 0 Å². The van der Waals surface area contributed by atoms with Gasteiger partial charge in [0.1, 0.15) is 5.41 Å². The third kappa shape index (κ3) is 4.79. The Morgan fingerprint density at radius 3 is 2.23 bits per heavy atom. The van der Waals surface area contributed by atoms with Crippen molar-refractivity contribution < 1.29 is 9.47 Å². The first-order valence-corrected chi connectivity index (χ1v) is 6.15. The van der Waals surface area contributed by atoms with Crippen LogP contribution in [0.3, 0.4) is 0 Å². The zero-order valence-corrected chi connectivity index (χ0v) is 11.6. The number of hydrogen-bond donors (Lipinski definition) is 0. The second-order valence-corrected chi connectivity index (χ2v) is 4.90. The van der Waals surface area contributed by atoms with Crippen LogP contribution >= 0.6 is 0 Å². The van der Waals surface area contributed by atoms with Gasteiger partial charge in [-0.2, -0.15) is 0 Å². The first kappa shape index (κ1) is 13.1. The van der Waals surface area contributed by atoms with Gasteiger partial charge in [-0.25, -0.2) is 0 Å². The summed E-state index contributed by atoms with van der Waals surface area (Å²) in [5.74, 6) is 1.23. The van der Waals surface area contributed by atoms with E-state index in [1.54, 1.807) is 0 Å². The summed E-state index contributed by atoms with van der Waals surface area (Å²) in [6, 6.07) is 0. The van der Waals surface area contributed by atoms with Crippen LogP contribution in [0, 0.1) is 5.92 Å². The molecule has 0 spiro atoms. The average molecular weight is 203 g/mol. The summed E-state index contributed by atoms with van der Waals surface area (Å²) in [5.41, 5.74) is -0.343. The molecule has 0 bridgehead atoms. The second kappa shape index (κ2) is 6.57. The van der Waals surface area contributed by atoms with Gasteiger partial charge in [-0.05, 0) is 13.3 Å². The first-order chi connectivity index (χ1) is 6.06. The molecular formula is C10H23O2Si. The molecule has 13 heavy (non-hydrogen) atoms. The molecule has 0 aliphatic heterocycles. The highest BCUT2D eigenvalue weighted by molar-refractivity contribution is 6.14. The van der Waals surface area contributed by atoms with E-state index in [4.69, 9.17) is 9.47 Å². The molecule has 3 heteroatoms. The second-order valence-electron chi connectivity index (χ2n) is 3.58. The molecule has 0 saturated heterocycles. The highest BCUT2D eigenvalue weighted by Gasteiger charge is 2.29. The molecule has 0 N–H and O–H groups in total. The van der Waals surface area contributed by atoms with Gasteiger partial charge in [0.05, 0.1) is 10.2 Å². The van der Waals surface area contributed by atoms with E-state index in [0.29, 0.717) is 0 Å². The third-order valence-corrected chi connectivity index (χ3v) is 3.78. The van der Waals surface area contributed by atoms with Crippen molar-refractivity contribution in [3.05, 3.63) is 5.92 Å². The van der Waals surface area contributed by atoms with Gasteiger partial charge in [-0.1, -0.05) is 27.2 Å². The maximum atomic E-state index is 5.77. The van der Waals surface area contributed by atoms with Crippen molar-refractivity contribution in [2.24, 2.45) is 0 Å². The molecule has 0 aromatic carbocycles. The quantitative estimate of drug-likeness (QED) is 0.354. The summed E-state index contributed by atoms with van der Waals surface area (Å²) in [6.45, 7) is 9.87. The van der Waals surface area contributed by atoms with E-state index in [1.807, 2.05) is 6.92 Å². The van der Waals surface area contributed by atoms with Crippen molar-refractivity contribution in [3.63, 3.8) is 0 Å².